The third kappa shape index (κ3) is 5.69. The van der Waals surface area contributed by atoms with Crippen molar-refractivity contribution in [2.45, 2.75) is 24.3 Å². The number of nitrogens with zero attached hydrogens (tertiary/aromatic N) is 2. The molecule has 1 unspecified atom stereocenters. The number of aliphatic imine (C=N–C) groups is 1. The first-order chi connectivity index (χ1) is 14.0. The minimum atomic E-state index is -3.72. The van der Waals surface area contributed by atoms with Crippen LogP contribution in [0.5, 0.6) is 0 Å². The highest BCUT2D eigenvalue weighted by molar-refractivity contribution is 7.91. The SMILES string of the molecule is CCNC(=NCCS(=O)(=O)c1ccccc1F)NC1CCN(c2ccccc2)C1. The fourth-order valence-electron chi connectivity index (χ4n) is 3.35. The number of sulfone groups is 1. The van der Waals surface area contributed by atoms with Crippen molar-refractivity contribution in [3.05, 3.63) is 60.4 Å². The van der Waals surface area contributed by atoms with Crippen molar-refractivity contribution in [2.24, 2.45) is 4.99 Å². The lowest BCUT2D eigenvalue weighted by Crippen LogP contribution is -2.44. The number of para-hydroxylation sites is 1. The lowest BCUT2D eigenvalue weighted by Gasteiger charge is -2.20. The molecular weight excluding hydrogens is 391 g/mol. The van der Waals surface area contributed by atoms with Gasteiger partial charge in [0.05, 0.1) is 12.3 Å². The Labute approximate surface area is 171 Å². The molecular formula is C21H27FN4O2S. The fourth-order valence-corrected chi connectivity index (χ4v) is 4.55. The molecule has 1 atom stereocenters. The molecule has 1 saturated heterocycles. The number of hydrogen-bond donors (Lipinski definition) is 2. The molecule has 3 rings (SSSR count). The largest absolute Gasteiger partial charge is 0.369 e. The first-order valence-electron chi connectivity index (χ1n) is 9.81. The normalized spacial score (nSPS) is 17.4. The third-order valence-corrected chi connectivity index (χ3v) is 6.52. The maximum Gasteiger partial charge on any atom is 0.191 e. The molecule has 1 aliphatic rings. The maximum atomic E-state index is 13.8. The van der Waals surface area contributed by atoms with E-state index in [0.29, 0.717) is 12.5 Å². The Morgan fingerprint density at radius 1 is 1.17 bits per heavy atom. The summed E-state index contributed by atoms with van der Waals surface area (Å²) < 4.78 is 38.6. The summed E-state index contributed by atoms with van der Waals surface area (Å²) in [6.45, 7) is 4.48. The van der Waals surface area contributed by atoms with Gasteiger partial charge in [0, 0.05) is 31.4 Å². The number of benzene rings is 2. The molecule has 29 heavy (non-hydrogen) atoms. The van der Waals surface area contributed by atoms with Crippen LogP contribution >= 0.6 is 0 Å². The summed E-state index contributed by atoms with van der Waals surface area (Å²) in [5.74, 6) is -0.393. The first kappa shape index (κ1) is 21.1. The van der Waals surface area contributed by atoms with Gasteiger partial charge in [0.25, 0.3) is 0 Å². The van der Waals surface area contributed by atoms with Crippen molar-refractivity contribution < 1.29 is 12.8 Å². The van der Waals surface area contributed by atoms with Crippen LogP contribution in [0.4, 0.5) is 10.1 Å². The van der Waals surface area contributed by atoms with Gasteiger partial charge < -0.3 is 15.5 Å². The predicted octanol–water partition coefficient (Wildman–Crippen LogP) is 2.43. The summed E-state index contributed by atoms with van der Waals surface area (Å²) in [7, 11) is -3.72. The monoisotopic (exact) mass is 418 g/mol. The number of anilines is 1. The summed E-state index contributed by atoms with van der Waals surface area (Å²) in [6.07, 6.45) is 0.965. The fraction of sp³-hybridized carbons (Fsp3) is 0.381. The minimum absolute atomic E-state index is 0.0567. The van der Waals surface area contributed by atoms with E-state index in [4.69, 9.17) is 0 Å². The molecule has 1 aliphatic heterocycles. The molecule has 2 aromatic carbocycles. The van der Waals surface area contributed by atoms with Crippen LogP contribution in [0, 0.1) is 5.82 Å². The van der Waals surface area contributed by atoms with Crippen molar-refractivity contribution in [3.63, 3.8) is 0 Å². The van der Waals surface area contributed by atoms with Crippen LogP contribution in [0.25, 0.3) is 0 Å². The van der Waals surface area contributed by atoms with Crippen LogP contribution < -0.4 is 15.5 Å². The van der Waals surface area contributed by atoms with Gasteiger partial charge >= 0.3 is 0 Å². The summed E-state index contributed by atoms with van der Waals surface area (Å²) in [4.78, 5) is 6.42. The molecule has 1 fully saturated rings. The number of rotatable bonds is 7. The van der Waals surface area contributed by atoms with Gasteiger partial charge in [-0.25, -0.2) is 12.8 Å². The average molecular weight is 419 g/mol. The lowest BCUT2D eigenvalue weighted by molar-refractivity contribution is 0.567. The van der Waals surface area contributed by atoms with Gasteiger partial charge in [0.2, 0.25) is 0 Å². The Morgan fingerprint density at radius 3 is 2.62 bits per heavy atom. The zero-order chi connectivity index (χ0) is 20.7. The molecule has 1 heterocycles. The summed E-state index contributed by atoms with van der Waals surface area (Å²) in [6, 6.07) is 15.9. The molecule has 0 aliphatic carbocycles. The van der Waals surface area contributed by atoms with Crippen LogP contribution in [-0.2, 0) is 9.84 Å². The molecule has 2 aromatic rings. The highest BCUT2D eigenvalue weighted by Gasteiger charge is 2.23. The van der Waals surface area contributed by atoms with Crippen molar-refractivity contribution in [1.29, 1.82) is 0 Å². The van der Waals surface area contributed by atoms with E-state index in [1.54, 1.807) is 0 Å². The zero-order valence-corrected chi connectivity index (χ0v) is 17.3. The molecule has 0 bridgehead atoms. The lowest BCUT2D eigenvalue weighted by atomic mass is 10.3. The van der Waals surface area contributed by atoms with E-state index in [2.05, 4.69) is 32.7 Å². The van der Waals surface area contributed by atoms with Crippen molar-refractivity contribution >= 4 is 21.5 Å². The summed E-state index contributed by atoms with van der Waals surface area (Å²) in [5, 5.41) is 6.54. The third-order valence-electron chi connectivity index (χ3n) is 4.80. The molecule has 0 spiro atoms. The highest BCUT2D eigenvalue weighted by Crippen LogP contribution is 2.19. The molecule has 0 aromatic heterocycles. The Hall–Kier alpha value is -2.61. The van der Waals surface area contributed by atoms with Gasteiger partial charge in [-0.05, 0) is 37.6 Å². The van der Waals surface area contributed by atoms with E-state index in [-0.39, 0.29) is 23.2 Å². The summed E-state index contributed by atoms with van der Waals surface area (Å²) >= 11 is 0. The Bertz CT molecular complexity index is 935. The topological polar surface area (TPSA) is 73.8 Å². The molecule has 8 heteroatoms. The Kier molecular flexibility index (Phi) is 7.09. The summed E-state index contributed by atoms with van der Waals surface area (Å²) in [5.41, 5.74) is 1.19. The van der Waals surface area contributed by atoms with Gasteiger partial charge in [-0.2, -0.15) is 0 Å². The molecule has 0 saturated carbocycles. The first-order valence-corrected chi connectivity index (χ1v) is 11.5. The number of guanidine groups is 1. The van der Waals surface area contributed by atoms with E-state index < -0.39 is 15.7 Å². The second kappa shape index (κ2) is 9.73. The van der Waals surface area contributed by atoms with E-state index in [0.717, 1.165) is 25.6 Å². The second-order valence-corrected chi connectivity index (χ2v) is 9.00. The van der Waals surface area contributed by atoms with Gasteiger partial charge in [-0.1, -0.05) is 30.3 Å². The second-order valence-electron chi connectivity index (χ2n) is 6.92. The van der Waals surface area contributed by atoms with Crippen LogP contribution in [0.1, 0.15) is 13.3 Å². The minimum Gasteiger partial charge on any atom is -0.369 e. The molecule has 6 nitrogen and oxygen atoms in total. The zero-order valence-electron chi connectivity index (χ0n) is 16.5. The van der Waals surface area contributed by atoms with Crippen LogP contribution in [0.15, 0.2) is 64.5 Å². The van der Waals surface area contributed by atoms with E-state index >= 15 is 0 Å². The number of nitrogens with one attached hydrogen (secondary N) is 2. The average Bonchev–Trinajstić information content (AvgIpc) is 3.17. The van der Waals surface area contributed by atoms with E-state index in [1.807, 2.05) is 25.1 Å². The molecule has 0 radical (unpaired) electrons. The smallest absolute Gasteiger partial charge is 0.191 e. The van der Waals surface area contributed by atoms with Crippen LogP contribution in [0.2, 0.25) is 0 Å². The maximum absolute atomic E-state index is 13.8. The predicted molar refractivity (Wildman–Crippen MR) is 115 cm³/mol. The van der Waals surface area contributed by atoms with Gasteiger partial charge in [-0.15, -0.1) is 0 Å². The standard InChI is InChI=1S/C21H27FN4O2S/c1-2-23-21(24-13-15-29(27,28)20-11-7-6-10-19(20)22)25-17-12-14-26(16-17)18-8-4-3-5-9-18/h3-11,17H,2,12-16H2,1H3,(H2,23,24,25). The van der Waals surface area contributed by atoms with E-state index in [9.17, 15) is 12.8 Å². The molecule has 2 N–H and O–H groups in total. The quantitative estimate of drug-likeness (QED) is 0.534. The molecule has 156 valence electrons. The van der Waals surface area contributed by atoms with Crippen molar-refractivity contribution in [1.82, 2.24) is 10.6 Å². The van der Waals surface area contributed by atoms with Crippen LogP contribution in [-0.4, -0.2) is 52.4 Å². The number of halogens is 1. The van der Waals surface area contributed by atoms with Gasteiger partial charge in [0.1, 0.15) is 10.7 Å². The molecule has 0 amide bonds. The Balaban J connectivity index is 1.58. The van der Waals surface area contributed by atoms with Crippen LogP contribution in [0.3, 0.4) is 0 Å². The van der Waals surface area contributed by atoms with Gasteiger partial charge in [0.15, 0.2) is 15.8 Å². The van der Waals surface area contributed by atoms with Gasteiger partial charge in [-0.3, -0.25) is 4.99 Å². The van der Waals surface area contributed by atoms with Crippen molar-refractivity contribution in [2.75, 3.05) is 36.8 Å². The van der Waals surface area contributed by atoms with Crippen molar-refractivity contribution in [3.8, 4) is 0 Å². The highest BCUT2D eigenvalue weighted by atomic mass is 32.2. The Morgan fingerprint density at radius 2 is 1.90 bits per heavy atom. The van der Waals surface area contributed by atoms with E-state index in [1.165, 1.54) is 23.9 Å². The number of hydrogen-bond acceptors (Lipinski definition) is 4.